The minimum absolute atomic E-state index is 0.0175. The fraction of sp³-hybridized carbons (Fsp3) is 0.267. The number of carboxylic acids is 1. The molecule has 3 N–H and O–H groups in total. The van der Waals surface area contributed by atoms with Crippen LogP contribution in [0.4, 0.5) is 5.69 Å². The molecule has 0 saturated carbocycles. The second-order valence-electron chi connectivity index (χ2n) is 4.89. The normalized spacial score (nSPS) is 14.1. The number of hydrogen-bond acceptors (Lipinski definition) is 6. The molecule has 0 unspecified atom stereocenters. The molecule has 24 heavy (non-hydrogen) atoms. The van der Waals surface area contributed by atoms with Gasteiger partial charge in [-0.25, -0.2) is 9.59 Å². The van der Waals surface area contributed by atoms with E-state index in [0.717, 1.165) is 0 Å². The molecule has 0 atom stereocenters. The third-order valence-corrected chi connectivity index (χ3v) is 4.60. The Morgan fingerprint density at radius 1 is 1.42 bits per heavy atom. The van der Waals surface area contributed by atoms with Crippen LogP contribution in [0, 0.1) is 3.57 Å². The zero-order valence-corrected chi connectivity index (χ0v) is 14.9. The molecule has 0 fully saturated rings. The van der Waals surface area contributed by atoms with E-state index in [4.69, 9.17) is 9.84 Å². The number of esters is 1. The molecular formula is C15H15IN2O6. The molecule has 1 aromatic rings. The molecule has 0 spiro atoms. The van der Waals surface area contributed by atoms with Crippen molar-refractivity contribution in [1.82, 2.24) is 4.90 Å². The highest BCUT2D eigenvalue weighted by Gasteiger charge is 2.34. The van der Waals surface area contributed by atoms with Crippen molar-refractivity contribution in [3.63, 3.8) is 0 Å². The fourth-order valence-corrected chi connectivity index (χ4v) is 3.00. The van der Waals surface area contributed by atoms with E-state index in [1.807, 2.05) is 22.6 Å². The number of aliphatic hydroxyl groups excluding tert-OH is 1. The first kappa shape index (κ1) is 18.2. The molecule has 9 heteroatoms. The maximum absolute atomic E-state index is 12.4. The van der Waals surface area contributed by atoms with E-state index in [9.17, 15) is 19.5 Å². The van der Waals surface area contributed by atoms with Crippen molar-refractivity contribution in [2.45, 2.75) is 0 Å². The van der Waals surface area contributed by atoms with Crippen molar-refractivity contribution >= 4 is 46.1 Å². The maximum Gasteiger partial charge on any atom is 0.337 e. The van der Waals surface area contributed by atoms with Gasteiger partial charge in [-0.05, 0) is 34.7 Å². The number of rotatable bonds is 6. The second-order valence-corrected chi connectivity index (χ2v) is 5.97. The third-order valence-electron chi connectivity index (χ3n) is 3.44. The van der Waals surface area contributed by atoms with Crippen molar-refractivity contribution in [3.05, 3.63) is 38.6 Å². The van der Waals surface area contributed by atoms with Gasteiger partial charge < -0.3 is 25.2 Å². The standard InChI is InChI=1S/C15H15IN2O6/c1-24-15(23)9-7-18(5-6-19)13(20)12(9)17-10-4-2-3-8(11(10)16)14(21)22/h2-4,17,19H,5-7H2,1H3,(H,21,22). The summed E-state index contributed by atoms with van der Waals surface area (Å²) in [7, 11) is 1.21. The molecule has 0 radical (unpaired) electrons. The van der Waals surface area contributed by atoms with Gasteiger partial charge in [0.15, 0.2) is 0 Å². The van der Waals surface area contributed by atoms with Crippen LogP contribution in [0.1, 0.15) is 10.4 Å². The van der Waals surface area contributed by atoms with Crippen molar-refractivity contribution in [2.75, 3.05) is 32.1 Å². The van der Waals surface area contributed by atoms with Crippen LogP contribution in [-0.4, -0.2) is 59.8 Å². The van der Waals surface area contributed by atoms with Gasteiger partial charge in [0.05, 0.1) is 40.7 Å². The first-order chi connectivity index (χ1) is 11.4. The molecule has 0 saturated heterocycles. The number of anilines is 1. The number of carbonyl (C=O) groups excluding carboxylic acids is 2. The Balaban J connectivity index is 2.41. The van der Waals surface area contributed by atoms with Gasteiger partial charge in [0.1, 0.15) is 5.70 Å². The summed E-state index contributed by atoms with van der Waals surface area (Å²) in [4.78, 5) is 36.9. The number of benzene rings is 1. The van der Waals surface area contributed by atoms with Gasteiger partial charge in [-0.1, -0.05) is 6.07 Å². The Kier molecular flexibility index (Phi) is 5.78. The van der Waals surface area contributed by atoms with Crippen LogP contribution < -0.4 is 5.32 Å². The summed E-state index contributed by atoms with van der Waals surface area (Å²) in [6, 6.07) is 4.59. The van der Waals surface area contributed by atoms with E-state index in [0.29, 0.717) is 9.26 Å². The molecule has 1 amide bonds. The summed E-state index contributed by atoms with van der Waals surface area (Å²) in [5.74, 6) is -2.21. The lowest BCUT2D eigenvalue weighted by Gasteiger charge is -2.15. The predicted octanol–water partition coefficient (Wildman–Crippen LogP) is 0.663. The van der Waals surface area contributed by atoms with E-state index < -0.39 is 17.8 Å². The summed E-state index contributed by atoms with van der Waals surface area (Å²) in [5.41, 5.74) is 0.632. The summed E-state index contributed by atoms with van der Waals surface area (Å²) in [5, 5.41) is 21.0. The van der Waals surface area contributed by atoms with E-state index >= 15 is 0 Å². The lowest BCUT2D eigenvalue weighted by molar-refractivity contribution is -0.136. The summed E-state index contributed by atoms with van der Waals surface area (Å²) < 4.78 is 5.10. The van der Waals surface area contributed by atoms with Gasteiger partial charge in [-0.2, -0.15) is 0 Å². The number of nitrogens with zero attached hydrogens (tertiary/aromatic N) is 1. The molecule has 2 rings (SSSR count). The number of nitrogens with one attached hydrogen (secondary N) is 1. The molecular weight excluding hydrogens is 431 g/mol. The number of ether oxygens (including phenoxy) is 1. The zero-order chi connectivity index (χ0) is 17.9. The number of methoxy groups -OCH3 is 1. The number of carboxylic acid groups (broad SMARTS) is 1. The number of β-amino-alcohol motifs (C(OH)–C–C–N with tert-alkyl or cyclic N) is 1. The molecule has 1 aliphatic rings. The molecule has 1 heterocycles. The predicted molar refractivity (Wildman–Crippen MR) is 92.4 cm³/mol. The van der Waals surface area contributed by atoms with Crippen molar-refractivity contribution in [1.29, 1.82) is 0 Å². The largest absolute Gasteiger partial charge is 0.478 e. The van der Waals surface area contributed by atoms with E-state index in [2.05, 4.69) is 5.32 Å². The highest BCUT2D eigenvalue weighted by atomic mass is 127. The quantitative estimate of drug-likeness (QED) is 0.435. The number of halogens is 1. The first-order valence-electron chi connectivity index (χ1n) is 6.91. The fourth-order valence-electron chi connectivity index (χ4n) is 2.28. The van der Waals surface area contributed by atoms with Gasteiger partial charge >= 0.3 is 11.9 Å². The van der Waals surface area contributed by atoms with Crippen molar-refractivity contribution < 1.29 is 29.3 Å². The van der Waals surface area contributed by atoms with Gasteiger partial charge in [0, 0.05) is 6.54 Å². The van der Waals surface area contributed by atoms with Crippen LogP contribution in [-0.2, 0) is 14.3 Å². The average Bonchev–Trinajstić information content (AvgIpc) is 2.85. The molecule has 0 bridgehead atoms. The lowest BCUT2D eigenvalue weighted by Crippen LogP contribution is -2.31. The van der Waals surface area contributed by atoms with E-state index in [1.54, 1.807) is 6.07 Å². The van der Waals surface area contributed by atoms with Crippen LogP contribution in [0.15, 0.2) is 29.5 Å². The zero-order valence-electron chi connectivity index (χ0n) is 12.7. The molecule has 128 valence electrons. The SMILES string of the molecule is COC(=O)C1=C(Nc2cccc(C(=O)O)c2I)C(=O)N(CCO)C1. The lowest BCUT2D eigenvalue weighted by atomic mass is 10.2. The monoisotopic (exact) mass is 446 g/mol. The molecule has 8 nitrogen and oxygen atoms in total. The Morgan fingerprint density at radius 2 is 2.12 bits per heavy atom. The van der Waals surface area contributed by atoms with Gasteiger partial charge in [0.2, 0.25) is 0 Å². The number of aromatic carboxylic acids is 1. The Morgan fingerprint density at radius 3 is 2.71 bits per heavy atom. The third kappa shape index (κ3) is 3.51. The van der Waals surface area contributed by atoms with Crippen LogP contribution in [0.2, 0.25) is 0 Å². The minimum atomic E-state index is -1.09. The van der Waals surface area contributed by atoms with Crippen LogP contribution >= 0.6 is 22.6 Å². The number of hydrogen-bond donors (Lipinski definition) is 3. The topological polar surface area (TPSA) is 116 Å². The summed E-state index contributed by atoms with van der Waals surface area (Å²) >= 11 is 1.86. The van der Waals surface area contributed by atoms with Crippen molar-refractivity contribution in [2.24, 2.45) is 0 Å². The highest BCUT2D eigenvalue weighted by Crippen LogP contribution is 2.27. The number of amides is 1. The number of aliphatic hydroxyl groups is 1. The van der Waals surface area contributed by atoms with Crippen molar-refractivity contribution in [3.8, 4) is 0 Å². The number of carbonyl (C=O) groups is 3. The Hall–Kier alpha value is -2.14. The second kappa shape index (κ2) is 7.62. The molecule has 1 aromatic carbocycles. The smallest absolute Gasteiger partial charge is 0.337 e. The van der Waals surface area contributed by atoms with E-state index in [1.165, 1.54) is 24.1 Å². The van der Waals surface area contributed by atoms with Gasteiger partial charge in [-0.15, -0.1) is 0 Å². The Bertz CT molecular complexity index is 731. The van der Waals surface area contributed by atoms with Gasteiger partial charge in [-0.3, -0.25) is 4.79 Å². The molecule has 0 aromatic heterocycles. The summed E-state index contributed by atoms with van der Waals surface area (Å²) in [6.45, 7) is -0.139. The molecule has 0 aliphatic carbocycles. The van der Waals surface area contributed by atoms with Crippen LogP contribution in [0.3, 0.4) is 0 Å². The Labute approximate surface area is 151 Å². The average molecular weight is 446 g/mol. The summed E-state index contributed by atoms with van der Waals surface area (Å²) in [6.07, 6.45) is 0. The first-order valence-corrected chi connectivity index (χ1v) is 7.99. The highest BCUT2D eigenvalue weighted by molar-refractivity contribution is 14.1. The van der Waals surface area contributed by atoms with Crippen LogP contribution in [0.25, 0.3) is 0 Å². The van der Waals surface area contributed by atoms with Crippen LogP contribution in [0.5, 0.6) is 0 Å². The van der Waals surface area contributed by atoms with E-state index in [-0.39, 0.29) is 36.5 Å². The minimum Gasteiger partial charge on any atom is -0.478 e. The maximum atomic E-state index is 12.4. The van der Waals surface area contributed by atoms with Gasteiger partial charge in [0.25, 0.3) is 5.91 Å². The molecule has 1 aliphatic heterocycles.